The minimum Gasteiger partial charge on any atom is -0.493 e. The van der Waals surface area contributed by atoms with Crippen molar-refractivity contribution in [3.05, 3.63) is 65.7 Å². The van der Waals surface area contributed by atoms with Crippen molar-refractivity contribution in [2.45, 2.75) is 33.8 Å². The number of carbonyl (C=O) groups excluding carboxylic acids is 1. The van der Waals surface area contributed by atoms with Gasteiger partial charge < -0.3 is 9.47 Å². The molecule has 0 atom stereocenters. The Labute approximate surface area is 138 Å². The van der Waals surface area contributed by atoms with Crippen molar-refractivity contribution in [3.63, 3.8) is 0 Å². The summed E-state index contributed by atoms with van der Waals surface area (Å²) in [5.74, 6) is 0.445. The Balaban J connectivity index is 1.87. The van der Waals surface area contributed by atoms with Crippen LogP contribution in [0.15, 0.2) is 54.6 Å². The third-order valence-corrected chi connectivity index (χ3v) is 3.89. The summed E-state index contributed by atoms with van der Waals surface area (Å²) < 4.78 is 11.1. The van der Waals surface area contributed by atoms with Crippen molar-refractivity contribution in [3.8, 4) is 5.75 Å². The summed E-state index contributed by atoms with van der Waals surface area (Å²) in [7, 11) is 0. The molecule has 0 amide bonds. The number of carbonyl (C=O) groups is 1. The van der Waals surface area contributed by atoms with E-state index in [4.69, 9.17) is 9.47 Å². The molecule has 0 aliphatic heterocycles. The second-order valence-corrected chi connectivity index (χ2v) is 6.39. The van der Waals surface area contributed by atoms with Gasteiger partial charge in [-0.15, -0.1) is 0 Å². The van der Waals surface area contributed by atoms with E-state index in [9.17, 15) is 4.79 Å². The van der Waals surface area contributed by atoms with Crippen molar-refractivity contribution < 1.29 is 14.3 Å². The van der Waals surface area contributed by atoms with E-state index >= 15 is 0 Å². The van der Waals surface area contributed by atoms with Gasteiger partial charge in [0.2, 0.25) is 0 Å². The zero-order valence-corrected chi connectivity index (χ0v) is 14.0. The van der Waals surface area contributed by atoms with E-state index in [-0.39, 0.29) is 18.0 Å². The predicted molar refractivity (Wildman–Crippen MR) is 91.6 cm³/mol. The molecule has 0 spiro atoms. The molecule has 122 valence electrons. The van der Waals surface area contributed by atoms with Gasteiger partial charge in [-0.05, 0) is 41.7 Å². The number of hydrogen-bond acceptors (Lipinski definition) is 3. The summed E-state index contributed by atoms with van der Waals surface area (Å²) in [6.07, 6.45) is 1.05. The van der Waals surface area contributed by atoms with Crippen molar-refractivity contribution in [2.24, 2.45) is 5.41 Å². The van der Waals surface area contributed by atoms with Crippen LogP contribution in [0.2, 0.25) is 0 Å². The van der Waals surface area contributed by atoms with Crippen LogP contribution in [0, 0.1) is 5.41 Å². The predicted octanol–water partition coefficient (Wildman–Crippen LogP) is 4.86. The molecule has 0 aromatic heterocycles. The van der Waals surface area contributed by atoms with E-state index in [2.05, 4.69) is 20.8 Å². The Kier molecular flexibility index (Phi) is 5.80. The molecular formula is C20H24O3. The summed E-state index contributed by atoms with van der Waals surface area (Å²) in [6, 6.07) is 16.7. The number of hydrogen-bond donors (Lipinski definition) is 0. The van der Waals surface area contributed by atoms with Gasteiger partial charge in [0.05, 0.1) is 12.2 Å². The third kappa shape index (κ3) is 5.44. The minimum atomic E-state index is -0.325. The van der Waals surface area contributed by atoms with Crippen LogP contribution in [0.3, 0.4) is 0 Å². The quantitative estimate of drug-likeness (QED) is 0.685. The first kappa shape index (κ1) is 17.1. The van der Waals surface area contributed by atoms with Crippen LogP contribution in [0.25, 0.3) is 0 Å². The highest BCUT2D eigenvalue weighted by Gasteiger charge is 2.16. The molecule has 0 unspecified atom stereocenters. The topological polar surface area (TPSA) is 35.5 Å². The maximum absolute atomic E-state index is 12.0. The van der Waals surface area contributed by atoms with Crippen LogP contribution >= 0.6 is 0 Å². The molecule has 0 bridgehead atoms. The number of rotatable bonds is 7. The van der Waals surface area contributed by atoms with Crippen molar-refractivity contribution >= 4 is 5.97 Å². The highest BCUT2D eigenvalue weighted by Crippen LogP contribution is 2.22. The van der Waals surface area contributed by atoms with Crippen molar-refractivity contribution in [1.29, 1.82) is 0 Å². The standard InChI is InChI=1S/C20H24O3/c1-4-20(2,3)15-23-18-12-10-17(11-13-18)19(21)22-14-16-8-6-5-7-9-16/h5-13H,4,14-15H2,1-3H3. The molecule has 3 heteroatoms. The van der Waals surface area contributed by atoms with Crippen LogP contribution in [0.4, 0.5) is 0 Å². The summed E-state index contributed by atoms with van der Waals surface area (Å²) in [5.41, 5.74) is 1.65. The lowest BCUT2D eigenvalue weighted by atomic mass is 9.92. The van der Waals surface area contributed by atoms with E-state index in [1.165, 1.54) is 0 Å². The normalized spacial score (nSPS) is 11.1. The Morgan fingerprint density at radius 3 is 2.26 bits per heavy atom. The van der Waals surface area contributed by atoms with Crippen molar-refractivity contribution in [2.75, 3.05) is 6.61 Å². The summed E-state index contributed by atoms with van der Waals surface area (Å²) in [4.78, 5) is 12.0. The lowest BCUT2D eigenvalue weighted by Crippen LogP contribution is -2.20. The van der Waals surface area contributed by atoms with Crippen LogP contribution in [0.5, 0.6) is 5.75 Å². The summed E-state index contributed by atoms with van der Waals surface area (Å²) in [6.45, 7) is 7.42. The Morgan fingerprint density at radius 2 is 1.65 bits per heavy atom. The molecule has 2 aromatic rings. The molecule has 0 saturated heterocycles. The molecule has 3 nitrogen and oxygen atoms in total. The van der Waals surface area contributed by atoms with Gasteiger partial charge in [0, 0.05) is 0 Å². The third-order valence-electron chi connectivity index (χ3n) is 3.89. The van der Waals surface area contributed by atoms with Gasteiger partial charge >= 0.3 is 5.97 Å². The molecule has 2 rings (SSSR count). The molecule has 0 radical (unpaired) electrons. The van der Waals surface area contributed by atoms with Crippen LogP contribution in [0.1, 0.15) is 43.1 Å². The summed E-state index contributed by atoms with van der Waals surface area (Å²) in [5, 5.41) is 0. The zero-order valence-electron chi connectivity index (χ0n) is 14.0. The molecule has 0 aliphatic carbocycles. The van der Waals surface area contributed by atoms with Gasteiger partial charge in [-0.3, -0.25) is 0 Å². The molecule has 2 aromatic carbocycles. The monoisotopic (exact) mass is 312 g/mol. The van der Waals surface area contributed by atoms with E-state index in [0.29, 0.717) is 12.2 Å². The van der Waals surface area contributed by atoms with Gasteiger partial charge in [0.1, 0.15) is 12.4 Å². The van der Waals surface area contributed by atoms with E-state index < -0.39 is 0 Å². The molecule has 0 N–H and O–H groups in total. The van der Waals surface area contributed by atoms with Gasteiger partial charge in [-0.25, -0.2) is 4.79 Å². The smallest absolute Gasteiger partial charge is 0.338 e. The Hall–Kier alpha value is -2.29. The number of ether oxygens (including phenoxy) is 2. The maximum Gasteiger partial charge on any atom is 0.338 e. The second kappa shape index (κ2) is 7.82. The molecular weight excluding hydrogens is 288 g/mol. The van der Waals surface area contributed by atoms with Crippen molar-refractivity contribution in [1.82, 2.24) is 0 Å². The van der Waals surface area contributed by atoms with Gasteiger partial charge in [-0.1, -0.05) is 51.1 Å². The Morgan fingerprint density at radius 1 is 1.00 bits per heavy atom. The second-order valence-electron chi connectivity index (χ2n) is 6.39. The largest absolute Gasteiger partial charge is 0.493 e. The fourth-order valence-electron chi connectivity index (χ4n) is 1.87. The SMILES string of the molecule is CCC(C)(C)COc1ccc(C(=O)OCc2ccccc2)cc1. The first-order valence-corrected chi connectivity index (χ1v) is 7.94. The van der Waals surface area contributed by atoms with Crippen LogP contribution < -0.4 is 4.74 Å². The minimum absolute atomic E-state index is 0.146. The zero-order chi connectivity index (χ0) is 16.7. The molecule has 0 fully saturated rings. The summed E-state index contributed by atoms with van der Waals surface area (Å²) >= 11 is 0. The number of benzene rings is 2. The highest BCUT2D eigenvalue weighted by molar-refractivity contribution is 5.89. The van der Waals surface area contributed by atoms with E-state index in [1.54, 1.807) is 12.1 Å². The lowest BCUT2D eigenvalue weighted by Gasteiger charge is -2.22. The van der Waals surface area contributed by atoms with Crippen LogP contribution in [-0.2, 0) is 11.3 Å². The van der Waals surface area contributed by atoms with E-state index in [1.807, 2.05) is 42.5 Å². The van der Waals surface area contributed by atoms with Crippen LogP contribution in [-0.4, -0.2) is 12.6 Å². The molecule has 23 heavy (non-hydrogen) atoms. The van der Waals surface area contributed by atoms with Gasteiger partial charge in [0.25, 0.3) is 0 Å². The first-order valence-electron chi connectivity index (χ1n) is 7.94. The van der Waals surface area contributed by atoms with Gasteiger partial charge in [0.15, 0.2) is 0 Å². The molecule has 0 aliphatic rings. The molecule has 0 heterocycles. The Bertz CT molecular complexity index is 615. The fraction of sp³-hybridized carbons (Fsp3) is 0.350. The van der Waals surface area contributed by atoms with E-state index in [0.717, 1.165) is 17.7 Å². The average Bonchev–Trinajstić information content (AvgIpc) is 2.59. The first-order chi connectivity index (χ1) is 11.0. The number of esters is 1. The lowest BCUT2D eigenvalue weighted by molar-refractivity contribution is 0.0472. The highest BCUT2D eigenvalue weighted by atomic mass is 16.5. The van der Waals surface area contributed by atoms with Gasteiger partial charge in [-0.2, -0.15) is 0 Å². The molecule has 0 saturated carbocycles. The maximum atomic E-state index is 12.0. The fourth-order valence-corrected chi connectivity index (χ4v) is 1.87. The average molecular weight is 312 g/mol.